The molecule has 2 saturated heterocycles. The zero-order chi connectivity index (χ0) is 16.5. The first-order valence-corrected chi connectivity index (χ1v) is 7.90. The Labute approximate surface area is 128 Å². The molecule has 2 heterocycles. The molecule has 0 aromatic heterocycles. The molecule has 2 fully saturated rings. The molecule has 2 aliphatic rings. The first-order valence-electron chi connectivity index (χ1n) is 7.90. The molecule has 1 N–H and O–H groups in total. The Hall–Kier alpha value is -1.11. The summed E-state index contributed by atoms with van der Waals surface area (Å²) in [4.78, 5) is 25.7. The van der Waals surface area contributed by atoms with Crippen molar-refractivity contribution in [2.45, 2.75) is 39.3 Å². The fourth-order valence-electron chi connectivity index (χ4n) is 3.55. The van der Waals surface area contributed by atoms with Gasteiger partial charge in [-0.25, -0.2) is 0 Å². The van der Waals surface area contributed by atoms with E-state index in [0.29, 0.717) is 19.4 Å². The van der Waals surface area contributed by atoms with E-state index >= 15 is 0 Å². The number of hydrogen-bond donors (Lipinski definition) is 1. The van der Waals surface area contributed by atoms with Crippen molar-refractivity contribution in [1.29, 1.82) is 0 Å². The lowest BCUT2D eigenvalue weighted by molar-refractivity contribution is -0.194. The minimum atomic E-state index is -4.31. The molecule has 126 valence electrons. The lowest BCUT2D eigenvalue weighted by Gasteiger charge is -2.35. The van der Waals surface area contributed by atoms with E-state index in [0.717, 1.165) is 11.3 Å². The SMILES string of the molecule is CCCC1C(=O)N(CC2CCNCC2C(F)(F)F)C(=O)C1C. The van der Waals surface area contributed by atoms with Crippen LogP contribution in [0.25, 0.3) is 0 Å². The van der Waals surface area contributed by atoms with Crippen molar-refractivity contribution in [3.63, 3.8) is 0 Å². The van der Waals surface area contributed by atoms with Crippen LogP contribution in [0.1, 0.15) is 33.1 Å². The quantitative estimate of drug-likeness (QED) is 0.808. The maximum absolute atomic E-state index is 13.1. The van der Waals surface area contributed by atoms with Gasteiger partial charge in [0, 0.05) is 24.9 Å². The topological polar surface area (TPSA) is 49.4 Å². The molecule has 4 atom stereocenters. The number of nitrogens with zero attached hydrogens (tertiary/aromatic N) is 1. The molecule has 2 amide bonds. The maximum atomic E-state index is 13.1. The molecular weight excluding hydrogens is 297 g/mol. The summed E-state index contributed by atoms with van der Waals surface area (Å²) in [5.41, 5.74) is 0. The van der Waals surface area contributed by atoms with Crippen molar-refractivity contribution in [3.8, 4) is 0 Å². The summed E-state index contributed by atoms with van der Waals surface area (Å²) in [5, 5.41) is 2.75. The van der Waals surface area contributed by atoms with Gasteiger partial charge in [0.1, 0.15) is 0 Å². The summed E-state index contributed by atoms with van der Waals surface area (Å²) in [6.07, 6.45) is -2.59. The van der Waals surface area contributed by atoms with Crippen LogP contribution >= 0.6 is 0 Å². The van der Waals surface area contributed by atoms with Crippen LogP contribution in [-0.4, -0.2) is 42.5 Å². The number of rotatable bonds is 4. The van der Waals surface area contributed by atoms with E-state index in [1.54, 1.807) is 6.92 Å². The molecule has 0 spiro atoms. The zero-order valence-corrected chi connectivity index (χ0v) is 12.9. The molecule has 4 nitrogen and oxygen atoms in total. The number of alkyl halides is 3. The Morgan fingerprint density at radius 1 is 1.27 bits per heavy atom. The van der Waals surface area contributed by atoms with Gasteiger partial charge in [-0.3, -0.25) is 14.5 Å². The second-order valence-electron chi connectivity index (χ2n) is 6.37. The number of imide groups is 1. The second-order valence-corrected chi connectivity index (χ2v) is 6.37. The summed E-state index contributed by atoms with van der Waals surface area (Å²) in [7, 11) is 0. The highest BCUT2D eigenvalue weighted by molar-refractivity contribution is 6.04. The average Bonchev–Trinajstić information content (AvgIpc) is 2.65. The third kappa shape index (κ3) is 3.29. The number of piperidine rings is 1. The normalized spacial score (nSPS) is 33.6. The summed E-state index contributed by atoms with van der Waals surface area (Å²) in [5.74, 6) is -3.60. The summed E-state index contributed by atoms with van der Waals surface area (Å²) >= 11 is 0. The fourth-order valence-corrected chi connectivity index (χ4v) is 3.55. The van der Waals surface area contributed by atoms with Gasteiger partial charge in [-0.05, 0) is 25.3 Å². The smallest absolute Gasteiger partial charge is 0.316 e. The van der Waals surface area contributed by atoms with Crippen molar-refractivity contribution in [1.82, 2.24) is 10.2 Å². The van der Waals surface area contributed by atoms with Gasteiger partial charge in [0.15, 0.2) is 0 Å². The van der Waals surface area contributed by atoms with Gasteiger partial charge >= 0.3 is 6.18 Å². The molecule has 22 heavy (non-hydrogen) atoms. The predicted octanol–water partition coefficient (Wildman–Crippen LogP) is 2.20. The van der Waals surface area contributed by atoms with Crippen molar-refractivity contribution in [2.24, 2.45) is 23.7 Å². The van der Waals surface area contributed by atoms with Crippen LogP contribution in [0.4, 0.5) is 13.2 Å². The van der Waals surface area contributed by atoms with E-state index in [1.165, 1.54) is 0 Å². The minimum absolute atomic E-state index is 0.103. The molecule has 4 unspecified atom stereocenters. The highest BCUT2D eigenvalue weighted by Gasteiger charge is 2.50. The standard InChI is InChI=1S/C15H23F3N2O2/c1-3-4-11-9(2)13(21)20(14(11)22)8-10-5-6-19-7-12(10)15(16,17)18/h9-12,19H,3-8H2,1-2H3. The van der Waals surface area contributed by atoms with E-state index in [9.17, 15) is 22.8 Å². The Morgan fingerprint density at radius 3 is 2.55 bits per heavy atom. The molecule has 2 rings (SSSR count). The van der Waals surface area contributed by atoms with Crippen molar-refractivity contribution < 1.29 is 22.8 Å². The van der Waals surface area contributed by atoms with Gasteiger partial charge in [0.05, 0.1) is 5.92 Å². The molecule has 7 heteroatoms. The zero-order valence-electron chi connectivity index (χ0n) is 12.9. The predicted molar refractivity (Wildman–Crippen MR) is 74.8 cm³/mol. The second kappa shape index (κ2) is 6.56. The van der Waals surface area contributed by atoms with Gasteiger partial charge < -0.3 is 5.32 Å². The van der Waals surface area contributed by atoms with Crippen molar-refractivity contribution in [2.75, 3.05) is 19.6 Å². The van der Waals surface area contributed by atoms with E-state index in [4.69, 9.17) is 0 Å². The number of amides is 2. The summed E-state index contributed by atoms with van der Waals surface area (Å²) < 4.78 is 39.3. The highest BCUT2D eigenvalue weighted by atomic mass is 19.4. The molecule has 0 aromatic carbocycles. The Morgan fingerprint density at radius 2 is 1.95 bits per heavy atom. The van der Waals surface area contributed by atoms with Crippen LogP contribution in [-0.2, 0) is 9.59 Å². The number of carbonyl (C=O) groups is 2. The minimum Gasteiger partial charge on any atom is -0.316 e. The van der Waals surface area contributed by atoms with Crippen LogP contribution in [0, 0.1) is 23.7 Å². The number of likely N-dealkylation sites (tertiary alicyclic amines) is 1. The lowest BCUT2D eigenvalue weighted by Crippen LogP contribution is -2.49. The molecular formula is C15H23F3N2O2. The summed E-state index contributed by atoms with van der Waals surface area (Å²) in [6, 6.07) is 0. The molecule has 0 aromatic rings. The van der Waals surface area contributed by atoms with Gasteiger partial charge in [-0.1, -0.05) is 20.3 Å². The Bertz CT molecular complexity index is 439. The lowest BCUT2D eigenvalue weighted by atomic mass is 9.85. The first kappa shape index (κ1) is 17.2. The molecule has 0 aliphatic carbocycles. The molecule has 0 bridgehead atoms. The van der Waals surface area contributed by atoms with Crippen LogP contribution in [0.15, 0.2) is 0 Å². The largest absolute Gasteiger partial charge is 0.393 e. The molecule has 0 saturated carbocycles. The first-order chi connectivity index (χ1) is 10.3. The van der Waals surface area contributed by atoms with Gasteiger partial charge in [-0.15, -0.1) is 0 Å². The van der Waals surface area contributed by atoms with Gasteiger partial charge in [0.2, 0.25) is 11.8 Å². The van der Waals surface area contributed by atoms with Crippen LogP contribution in [0.5, 0.6) is 0 Å². The van der Waals surface area contributed by atoms with Crippen LogP contribution in [0.2, 0.25) is 0 Å². The van der Waals surface area contributed by atoms with Gasteiger partial charge in [-0.2, -0.15) is 13.2 Å². The van der Waals surface area contributed by atoms with E-state index in [1.807, 2.05) is 6.92 Å². The Balaban J connectivity index is 2.11. The maximum Gasteiger partial charge on any atom is 0.393 e. The van der Waals surface area contributed by atoms with E-state index in [2.05, 4.69) is 5.32 Å². The highest BCUT2D eigenvalue weighted by Crippen LogP contribution is 2.37. The van der Waals surface area contributed by atoms with Gasteiger partial charge in [0.25, 0.3) is 0 Å². The third-order valence-corrected chi connectivity index (χ3v) is 4.90. The monoisotopic (exact) mass is 320 g/mol. The van der Waals surface area contributed by atoms with E-state index in [-0.39, 0.29) is 30.8 Å². The number of halogens is 3. The Kier molecular flexibility index (Phi) is 5.14. The molecule has 0 radical (unpaired) electrons. The number of carbonyl (C=O) groups excluding carboxylic acids is 2. The number of hydrogen-bond acceptors (Lipinski definition) is 3. The summed E-state index contributed by atoms with van der Waals surface area (Å²) in [6.45, 7) is 3.87. The van der Waals surface area contributed by atoms with E-state index < -0.39 is 23.9 Å². The average molecular weight is 320 g/mol. The fraction of sp³-hybridized carbons (Fsp3) is 0.867. The van der Waals surface area contributed by atoms with Crippen molar-refractivity contribution in [3.05, 3.63) is 0 Å². The van der Waals surface area contributed by atoms with Crippen LogP contribution < -0.4 is 5.32 Å². The van der Waals surface area contributed by atoms with Crippen LogP contribution in [0.3, 0.4) is 0 Å². The number of nitrogens with one attached hydrogen (secondary N) is 1. The molecule has 2 aliphatic heterocycles. The third-order valence-electron chi connectivity index (χ3n) is 4.90. The van der Waals surface area contributed by atoms with Crippen molar-refractivity contribution >= 4 is 11.8 Å².